The summed E-state index contributed by atoms with van der Waals surface area (Å²) in [5.74, 6) is 0.789. The van der Waals surface area contributed by atoms with E-state index in [0.29, 0.717) is 37.5 Å². The van der Waals surface area contributed by atoms with Gasteiger partial charge in [0.25, 0.3) is 0 Å². The van der Waals surface area contributed by atoms with Gasteiger partial charge in [-0.1, -0.05) is 0 Å². The van der Waals surface area contributed by atoms with Crippen molar-refractivity contribution < 1.29 is 9.66 Å². The Kier molecular flexibility index (Phi) is 4.67. The van der Waals surface area contributed by atoms with Crippen molar-refractivity contribution in [3.63, 3.8) is 0 Å². The summed E-state index contributed by atoms with van der Waals surface area (Å²) < 4.78 is 5.08. The van der Waals surface area contributed by atoms with Crippen LogP contribution in [0.15, 0.2) is 6.20 Å². The summed E-state index contributed by atoms with van der Waals surface area (Å²) in [6.45, 7) is 3.69. The molecule has 0 atom stereocenters. The van der Waals surface area contributed by atoms with Crippen LogP contribution in [0.2, 0.25) is 0 Å². The summed E-state index contributed by atoms with van der Waals surface area (Å²) in [7, 11) is 1.61. The first kappa shape index (κ1) is 14.4. The summed E-state index contributed by atoms with van der Waals surface area (Å²) in [6, 6.07) is 0.313. The second-order valence-electron chi connectivity index (χ2n) is 4.61. The molecule has 1 aliphatic rings. The van der Waals surface area contributed by atoms with Gasteiger partial charge in [-0.3, -0.25) is 10.1 Å². The number of nitrogens with one attached hydrogen (secondary N) is 1. The average molecular weight is 281 g/mol. The molecule has 0 bridgehead atoms. The number of ether oxygens (including phenoxy) is 1. The van der Waals surface area contributed by atoms with Crippen LogP contribution in [-0.4, -0.2) is 47.7 Å². The highest BCUT2D eigenvalue weighted by Gasteiger charge is 2.34. The molecule has 20 heavy (non-hydrogen) atoms. The average Bonchev–Trinajstić information content (AvgIpc) is 3.24. The van der Waals surface area contributed by atoms with Gasteiger partial charge in [0.2, 0.25) is 11.8 Å². The summed E-state index contributed by atoms with van der Waals surface area (Å²) in [5, 5.41) is 14.1. The molecule has 0 amide bonds. The van der Waals surface area contributed by atoms with E-state index in [1.54, 1.807) is 7.11 Å². The van der Waals surface area contributed by atoms with Gasteiger partial charge in [-0.15, -0.1) is 0 Å². The third-order valence-corrected chi connectivity index (χ3v) is 3.08. The second kappa shape index (κ2) is 6.47. The van der Waals surface area contributed by atoms with Crippen LogP contribution in [0.1, 0.15) is 19.8 Å². The van der Waals surface area contributed by atoms with Crippen molar-refractivity contribution in [2.45, 2.75) is 25.8 Å². The molecule has 1 saturated carbocycles. The van der Waals surface area contributed by atoms with E-state index in [1.165, 1.54) is 6.20 Å². The number of nitro groups is 1. The first-order valence-corrected chi connectivity index (χ1v) is 6.68. The molecule has 1 N–H and O–H groups in total. The lowest BCUT2D eigenvalue weighted by molar-refractivity contribution is -0.384. The van der Waals surface area contributed by atoms with Crippen molar-refractivity contribution in [3.8, 4) is 0 Å². The molecular formula is C12H19N5O3. The number of aromatic nitrogens is 2. The quantitative estimate of drug-likeness (QED) is 0.569. The third kappa shape index (κ3) is 3.32. The molecule has 1 fully saturated rings. The third-order valence-electron chi connectivity index (χ3n) is 3.08. The molecule has 110 valence electrons. The van der Waals surface area contributed by atoms with Crippen LogP contribution < -0.4 is 10.2 Å². The number of nitrogens with zero attached hydrogens (tertiary/aromatic N) is 4. The van der Waals surface area contributed by atoms with Gasteiger partial charge in [0.15, 0.2) is 0 Å². The minimum Gasteiger partial charge on any atom is -0.383 e. The summed E-state index contributed by atoms with van der Waals surface area (Å²) in [6.07, 6.45) is 3.32. The fourth-order valence-electron chi connectivity index (χ4n) is 1.99. The van der Waals surface area contributed by atoms with Crippen molar-refractivity contribution in [1.29, 1.82) is 0 Å². The van der Waals surface area contributed by atoms with Crippen molar-refractivity contribution in [2.75, 3.05) is 37.0 Å². The summed E-state index contributed by atoms with van der Waals surface area (Å²) in [5.41, 5.74) is -0.0605. The molecular weight excluding hydrogens is 262 g/mol. The van der Waals surface area contributed by atoms with Gasteiger partial charge in [0.05, 0.1) is 11.5 Å². The van der Waals surface area contributed by atoms with Crippen molar-refractivity contribution >= 4 is 17.5 Å². The number of rotatable bonds is 8. The Balaban J connectivity index is 2.32. The number of hydrogen-bond acceptors (Lipinski definition) is 7. The van der Waals surface area contributed by atoms with Gasteiger partial charge in [-0.05, 0) is 19.8 Å². The van der Waals surface area contributed by atoms with Crippen LogP contribution in [0.25, 0.3) is 0 Å². The van der Waals surface area contributed by atoms with Crippen LogP contribution in [-0.2, 0) is 4.74 Å². The Labute approximate surface area is 117 Å². The van der Waals surface area contributed by atoms with E-state index < -0.39 is 4.92 Å². The molecule has 0 saturated heterocycles. The predicted molar refractivity (Wildman–Crippen MR) is 75.1 cm³/mol. The summed E-state index contributed by atoms with van der Waals surface area (Å²) in [4.78, 5) is 20.9. The van der Waals surface area contributed by atoms with Gasteiger partial charge in [0, 0.05) is 26.2 Å². The van der Waals surface area contributed by atoms with Crippen LogP contribution in [0, 0.1) is 10.1 Å². The minimum absolute atomic E-state index is 0.0605. The van der Waals surface area contributed by atoms with Gasteiger partial charge >= 0.3 is 5.69 Å². The lowest BCUT2D eigenvalue weighted by Gasteiger charge is -2.22. The molecule has 0 spiro atoms. The summed E-state index contributed by atoms with van der Waals surface area (Å²) >= 11 is 0. The van der Waals surface area contributed by atoms with E-state index >= 15 is 0 Å². The topological polar surface area (TPSA) is 93.4 Å². The van der Waals surface area contributed by atoms with Crippen LogP contribution in [0.5, 0.6) is 0 Å². The SMILES string of the molecule is CCNc1ncc([N+](=O)[O-])c(N(CCOC)C2CC2)n1. The van der Waals surface area contributed by atoms with Crippen LogP contribution in [0.4, 0.5) is 17.5 Å². The van der Waals surface area contributed by atoms with Crippen LogP contribution >= 0.6 is 0 Å². The largest absolute Gasteiger partial charge is 0.383 e. The number of methoxy groups -OCH3 is 1. The van der Waals surface area contributed by atoms with Gasteiger partial charge in [-0.25, -0.2) is 4.98 Å². The first-order valence-electron chi connectivity index (χ1n) is 6.68. The van der Waals surface area contributed by atoms with E-state index in [4.69, 9.17) is 4.74 Å². The first-order chi connectivity index (χ1) is 9.67. The lowest BCUT2D eigenvalue weighted by atomic mass is 10.4. The molecule has 8 nitrogen and oxygen atoms in total. The fourth-order valence-corrected chi connectivity index (χ4v) is 1.99. The molecule has 2 rings (SSSR count). The van der Waals surface area contributed by atoms with Crippen molar-refractivity contribution in [2.24, 2.45) is 0 Å². The maximum Gasteiger partial charge on any atom is 0.329 e. The minimum atomic E-state index is -0.437. The van der Waals surface area contributed by atoms with Crippen molar-refractivity contribution in [3.05, 3.63) is 16.3 Å². The van der Waals surface area contributed by atoms with E-state index in [9.17, 15) is 10.1 Å². The zero-order valence-corrected chi connectivity index (χ0v) is 11.7. The molecule has 1 aromatic heterocycles. The Hall–Kier alpha value is -1.96. The zero-order valence-electron chi connectivity index (χ0n) is 11.7. The van der Waals surface area contributed by atoms with E-state index in [0.717, 1.165) is 12.8 Å². The Morgan fingerprint density at radius 3 is 2.90 bits per heavy atom. The smallest absolute Gasteiger partial charge is 0.329 e. The Bertz CT molecular complexity index is 478. The van der Waals surface area contributed by atoms with E-state index in [2.05, 4.69) is 15.3 Å². The maximum atomic E-state index is 11.2. The number of anilines is 2. The molecule has 1 aromatic rings. The van der Waals surface area contributed by atoms with Crippen LogP contribution in [0.3, 0.4) is 0 Å². The molecule has 1 aliphatic carbocycles. The highest BCUT2D eigenvalue weighted by molar-refractivity contribution is 5.60. The van der Waals surface area contributed by atoms with Gasteiger partial charge in [-0.2, -0.15) is 4.98 Å². The lowest BCUT2D eigenvalue weighted by Crippen LogP contribution is -2.31. The Morgan fingerprint density at radius 2 is 2.35 bits per heavy atom. The van der Waals surface area contributed by atoms with E-state index in [-0.39, 0.29) is 5.69 Å². The van der Waals surface area contributed by atoms with Gasteiger partial charge < -0.3 is 15.0 Å². The number of hydrogen-bond donors (Lipinski definition) is 1. The highest BCUT2D eigenvalue weighted by atomic mass is 16.6. The van der Waals surface area contributed by atoms with E-state index in [1.807, 2.05) is 11.8 Å². The fraction of sp³-hybridized carbons (Fsp3) is 0.667. The Morgan fingerprint density at radius 1 is 1.60 bits per heavy atom. The molecule has 0 unspecified atom stereocenters. The van der Waals surface area contributed by atoms with Crippen molar-refractivity contribution in [1.82, 2.24) is 9.97 Å². The normalized spacial score (nSPS) is 14.1. The standard InChI is InChI=1S/C12H19N5O3/c1-3-13-12-14-8-10(17(18)19)11(15-12)16(6-7-20-2)9-4-5-9/h8-9H,3-7H2,1-2H3,(H,13,14,15). The molecule has 0 aliphatic heterocycles. The molecule has 0 aromatic carbocycles. The molecule has 0 radical (unpaired) electrons. The maximum absolute atomic E-state index is 11.2. The zero-order chi connectivity index (χ0) is 14.5. The second-order valence-corrected chi connectivity index (χ2v) is 4.61. The van der Waals surface area contributed by atoms with Gasteiger partial charge in [0.1, 0.15) is 6.20 Å². The monoisotopic (exact) mass is 281 g/mol. The molecule has 1 heterocycles. The molecule has 8 heteroatoms. The highest BCUT2D eigenvalue weighted by Crippen LogP contribution is 2.35. The predicted octanol–water partition coefficient (Wildman–Crippen LogP) is 1.43.